The number of ether oxygens (including phenoxy) is 2. The van der Waals surface area contributed by atoms with Gasteiger partial charge in [0.1, 0.15) is 5.75 Å². The Labute approximate surface area is 120 Å². The van der Waals surface area contributed by atoms with Crippen LogP contribution in [0.5, 0.6) is 5.75 Å². The van der Waals surface area contributed by atoms with Crippen LogP contribution in [0.2, 0.25) is 0 Å². The Morgan fingerprint density at radius 3 is 2.43 bits per heavy atom. The van der Waals surface area contributed by atoms with Gasteiger partial charge < -0.3 is 14.8 Å². The summed E-state index contributed by atoms with van der Waals surface area (Å²) in [5.41, 5.74) is 1.12. The molecule has 116 valence electrons. The molecule has 0 heterocycles. The number of carbonyl (C=O) groups is 1. The molecule has 0 aliphatic heterocycles. The number of alkyl halides is 3. The number of hydrogen-bond donors (Lipinski definition) is 1. The van der Waals surface area contributed by atoms with E-state index in [1.165, 1.54) is 12.1 Å². The SMILES string of the molecule is C=C(C)COCCNC(=O)c1ccc(OC(F)(F)F)cc1. The van der Waals surface area contributed by atoms with Crippen molar-refractivity contribution >= 4 is 5.91 Å². The maximum atomic E-state index is 12.0. The summed E-state index contributed by atoms with van der Waals surface area (Å²) in [4.78, 5) is 11.7. The highest BCUT2D eigenvalue weighted by Gasteiger charge is 2.31. The Morgan fingerprint density at radius 1 is 1.29 bits per heavy atom. The third-order valence-electron chi connectivity index (χ3n) is 2.23. The molecule has 0 atom stereocenters. The maximum absolute atomic E-state index is 12.0. The van der Waals surface area contributed by atoms with Crippen molar-refractivity contribution < 1.29 is 27.4 Å². The first-order valence-corrected chi connectivity index (χ1v) is 6.14. The van der Waals surface area contributed by atoms with Crippen LogP contribution < -0.4 is 10.1 Å². The van der Waals surface area contributed by atoms with E-state index in [1.807, 2.05) is 6.92 Å². The molecule has 0 aromatic heterocycles. The van der Waals surface area contributed by atoms with Crippen LogP contribution in [0.3, 0.4) is 0 Å². The lowest BCUT2D eigenvalue weighted by molar-refractivity contribution is -0.274. The Balaban J connectivity index is 2.39. The fourth-order valence-electron chi connectivity index (χ4n) is 1.39. The monoisotopic (exact) mass is 303 g/mol. The molecular weight excluding hydrogens is 287 g/mol. The van der Waals surface area contributed by atoms with Gasteiger partial charge in [-0.3, -0.25) is 4.79 Å². The number of halogens is 3. The highest BCUT2D eigenvalue weighted by atomic mass is 19.4. The molecule has 0 aliphatic carbocycles. The van der Waals surface area contributed by atoms with Gasteiger partial charge in [0.25, 0.3) is 5.91 Å². The minimum absolute atomic E-state index is 0.240. The first kappa shape index (κ1) is 17.0. The van der Waals surface area contributed by atoms with Crippen LogP contribution >= 0.6 is 0 Å². The number of benzene rings is 1. The minimum Gasteiger partial charge on any atom is -0.406 e. The molecule has 0 saturated carbocycles. The highest BCUT2D eigenvalue weighted by Crippen LogP contribution is 2.22. The van der Waals surface area contributed by atoms with Gasteiger partial charge in [-0.15, -0.1) is 13.2 Å². The zero-order chi connectivity index (χ0) is 15.9. The summed E-state index contributed by atoms with van der Waals surface area (Å²) >= 11 is 0. The number of nitrogens with one attached hydrogen (secondary N) is 1. The largest absolute Gasteiger partial charge is 0.573 e. The van der Waals surface area contributed by atoms with Crippen LogP contribution in [0.15, 0.2) is 36.4 Å². The van der Waals surface area contributed by atoms with Gasteiger partial charge in [0, 0.05) is 12.1 Å². The number of hydrogen-bond acceptors (Lipinski definition) is 3. The zero-order valence-corrected chi connectivity index (χ0v) is 11.5. The molecule has 0 aliphatic rings. The number of rotatable bonds is 7. The standard InChI is InChI=1S/C14H16F3NO3/c1-10(2)9-20-8-7-18-13(19)11-3-5-12(6-4-11)21-14(15,16)17/h3-6H,1,7-9H2,2H3,(H,18,19). The lowest BCUT2D eigenvalue weighted by Gasteiger charge is -2.09. The third-order valence-corrected chi connectivity index (χ3v) is 2.23. The van der Waals surface area contributed by atoms with Crippen molar-refractivity contribution in [2.75, 3.05) is 19.8 Å². The van der Waals surface area contributed by atoms with Gasteiger partial charge in [0.05, 0.1) is 13.2 Å². The summed E-state index contributed by atoms with van der Waals surface area (Å²) in [6, 6.07) is 4.68. The normalized spacial score (nSPS) is 11.0. The van der Waals surface area contributed by atoms with Gasteiger partial charge >= 0.3 is 6.36 Å². The van der Waals surface area contributed by atoms with Crippen LogP contribution in [0, 0.1) is 0 Å². The van der Waals surface area contributed by atoms with Gasteiger partial charge in [-0.2, -0.15) is 0 Å². The molecule has 0 fully saturated rings. The Morgan fingerprint density at radius 2 is 1.90 bits per heavy atom. The smallest absolute Gasteiger partial charge is 0.406 e. The Bertz CT molecular complexity index is 483. The Hall–Kier alpha value is -2.02. The highest BCUT2D eigenvalue weighted by molar-refractivity contribution is 5.94. The van der Waals surface area contributed by atoms with Gasteiger partial charge in [0.2, 0.25) is 0 Å². The summed E-state index contributed by atoms with van der Waals surface area (Å²) in [6.45, 7) is 6.53. The second kappa shape index (κ2) is 7.68. The first-order valence-electron chi connectivity index (χ1n) is 6.14. The van der Waals surface area contributed by atoms with E-state index < -0.39 is 12.3 Å². The quantitative estimate of drug-likeness (QED) is 0.622. The molecule has 1 N–H and O–H groups in total. The van der Waals surface area contributed by atoms with Crippen molar-refractivity contribution in [3.8, 4) is 5.75 Å². The molecule has 1 rings (SSSR count). The van der Waals surface area contributed by atoms with Gasteiger partial charge in [-0.1, -0.05) is 12.2 Å². The minimum atomic E-state index is -4.75. The van der Waals surface area contributed by atoms with E-state index in [0.29, 0.717) is 19.8 Å². The van der Waals surface area contributed by atoms with Gasteiger partial charge in [0.15, 0.2) is 0 Å². The van der Waals surface area contributed by atoms with E-state index in [2.05, 4.69) is 16.6 Å². The maximum Gasteiger partial charge on any atom is 0.573 e. The van der Waals surface area contributed by atoms with E-state index in [-0.39, 0.29) is 11.3 Å². The average molecular weight is 303 g/mol. The molecule has 4 nitrogen and oxygen atoms in total. The molecule has 21 heavy (non-hydrogen) atoms. The van der Waals surface area contributed by atoms with Crippen LogP contribution in [-0.2, 0) is 4.74 Å². The molecule has 1 aromatic rings. The van der Waals surface area contributed by atoms with Crippen LogP contribution in [0.4, 0.5) is 13.2 Å². The van der Waals surface area contributed by atoms with Crippen molar-refractivity contribution in [1.82, 2.24) is 5.32 Å². The summed E-state index contributed by atoms with van der Waals surface area (Å²) in [5.74, 6) is -0.767. The molecule has 0 saturated heterocycles. The fourth-order valence-corrected chi connectivity index (χ4v) is 1.39. The van der Waals surface area contributed by atoms with E-state index in [1.54, 1.807) is 0 Å². The molecule has 1 amide bonds. The number of amides is 1. The van der Waals surface area contributed by atoms with Crippen LogP contribution in [0.25, 0.3) is 0 Å². The van der Waals surface area contributed by atoms with Crippen LogP contribution in [-0.4, -0.2) is 32.0 Å². The summed E-state index contributed by atoms with van der Waals surface area (Å²) < 4.78 is 44.8. The average Bonchev–Trinajstić information content (AvgIpc) is 2.36. The van der Waals surface area contributed by atoms with Crippen molar-refractivity contribution in [2.45, 2.75) is 13.3 Å². The van der Waals surface area contributed by atoms with Crippen LogP contribution in [0.1, 0.15) is 17.3 Å². The first-order chi connectivity index (χ1) is 9.78. The topological polar surface area (TPSA) is 47.6 Å². The molecule has 0 spiro atoms. The van der Waals surface area contributed by atoms with E-state index in [4.69, 9.17) is 4.74 Å². The molecule has 0 unspecified atom stereocenters. The molecule has 0 radical (unpaired) electrons. The summed E-state index contributed by atoms with van der Waals surface area (Å²) in [7, 11) is 0. The van der Waals surface area contributed by atoms with Crippen molar-refractivity contribution in [3.05, 3.63) is 42.0 Å². The number of carbonyl (C=O) groups excluding carboxylic acids is 1. The molecule has 7 heteroatoms. The predicted molar refractivity (Wildman–Crippen MR) is 71.1 cm³/mol. The lowest BCUT2D eigenvalue weighted by atomic mass is 10.2. The molecule has 1 aromatic carbocycles. The zero-order valence-electron chi connectivity index (χ0n) is 11.5. The molecule has 0 bridgehead atoms. The summed E-state index contributed by atoms with van der Waals surface area (Å²) in [6.07, 6.45) is -4.75. The molecular formula is C14H16F3NO3. The predicted octanol–water partition coefficient (Wildman–Crippen LogP) is 2.91. The fraction of sp³-hybridized carbons (Fsp3) is 0.357. The second-order valence-corrected chi connectivity index (χ2v) is 4.34. The Kier molecular flexibility index (Phi) is 6.23. The lowest BCUT2D eigenvalue weighted by Crippen LogP contribution is -2.27. The van der Waals surface area contributed by atoms with Gasteiger partial charge in [-0.25, -0.2) is 0 Å². The van der Waals surface area contributed by atoms with Crippen molar-refractivity contribution in [2.24, 2.45) is 0 Å². The van der Waals surface area contributed by atoms with Crippen molar-refractivity contribution in [3.63, 3.8) is 0 Å². The van der Waals surface area contributed by atoms with Crippen molar-refractivity contribution in [1.29, 1.82) is 0 Å². The van der Waals surface area contributed by atoms with E-state index >= 15 is 0 Å². The third kappa shape index (κ3) is 7.36. The second-order valence-electron chi connectivity index (χ2n) is 4.34. The van der Waals surface area contributed by atoms with E-state index in [0.717, 1.165) is 17.7 Å². The summed E-state index contributed by atoms with van der Waals surface area (Å²) in [5, 5.41) is 2.58. The van der Waals surface area contributed by atoms with E-state index in [9.17, 15) is 18.0 Å². The van der Waals surface area contributed by atoms with Gasteiger partial charge in [-0.05, 0) is 31.2 Å².